The Balaban J connectivity index is 2.84. The Kier molecular flexibility index (Phi) is 6.22. The number of hydrogen-bond acceptors (Lipinski definition) is 3. The molecule has 1 heterocycles. The van der Waals surface area contributed by atoms with Crippen molar-refractivity contribution in [3.63, 3.8) is 0 Å². The Labute approximate surface area is 120 Å². The third-order valence-electron chi connectivity index (χ3n) is 2.85. The summed E-state index contributed by atoms with van der Waals surface area (Å²) in [5.41, 5.74) is 2.07. The first-order valence-electron chi connectivity index (χ1n) is 6.67. The van der Waals surface area contributed by atoms with Gasteiger partial charge in [-0.2, -0.15) is 10.2 Å². The van der Waals surface area contributed by atoms with Crippen LogP contribution in [0.25, 0.3) is 0 Å². The summed E-state index contributed by atoms with van der Waals surface area (Å²) in [4.78, 5) is 12.3. The Morgan fingerprint density at radius 3 is 2.63 bits per heavy atom. The van der Waals surface area contributed by atoms with Gasteiger partial charge in [0, 0.05) is 11.9 Å². The monoisotopic (exact) mass is 283 g/mol. The highest BCUT2D eigenvalue weighted by atomic mass is 35.5. The van der Waals surface area contributed by atoms with Gasteiger partial charge in [-0.25, -0.2) is 0 Å². The van der Waals surface area contributed by atoms with Gasteiger partial charge >= 0.3 is 0 Å². The van der Waals surface area contributed by atoms with Crippen molar-refractivity contribution in [1.29, 1.82) is 0 Å². The van der Waals surface area contributed by atoms with Gasteiger partial charge in [0.05, 0.1) is 17.0 Å². The van der Waals surface area contributed by atoms with Gasteiger partial charge in [-0.05, 0) is 31.7 Å². The molecule has 106 valence electrons. The largest absolute Gasteiger partial charge is 0.348 e. The van der Waals surface area contributed by atoms with E-state index < -0.39 is 0 Å². The average Bonchev–Trinajstić information content (AvgIpc) is 2.37. The van der Waals surface area contributed by atoms with Gasteiger partial charge < -0.3 is 5.32 Å². The first-order chi connectivity index (χ1) is 8.97. The first kappa shape index (κ1) is 15.9. The van der Waals surface area contributed by atoms with Gasteiger partial charge in [0.2, 0.25) is 0 Å². The zero-order valence-corrected chi connectivity index (χ0v) is 12.8. The second-order valence-corrected chi connectivity index (χ2v) is 5.46. The van der Waals surface area contributed by atoms with Gasteiger partial charge in [0.25, 0.3) is 5.91 Å². The van der Waals surface area contributed by atoms with Crippen LogP contribution in [0.5, 0.6) is 0 Å². The van der Waals surface area contributed by atoms with Crippen molar-refractivity contribution >= 4 is 17.5 Å². The van der Waals surface area contributed by atoms with Crippen LogP contribution < -0.4 is 5.32 Å². The summed E-state index contributed by atoms with van der Waals surface area (Å²) in [6.45, 7) is 8.02. The Morgan fingerprint density at radius 2 is 2.11 bits per heavy atom. The maximum atomic E-state index is 12.3. The van der Waals surface area contributed by atoms with E-state index in [9.17, 15) is 4.79 Å². The molecule has 4 nitrogen and oxygen atoms in total. The van der Waals surface area contributed by atoms with E-state index in [0.29, 0.717) is 23.8 Å². The van der Waals surface area contributed by atoms with Crippen LogP contribution in [0.2, 0.25) is 0 Å². The summed E-state index contributed by atoms with van der Waals surface area (Å²) in [7, 11) is 0. The van der Waals surface area contributed by atoms with Crippen molar-refractivity contribution in [3.8, 4) is 0 Å². The summed E-state index contributed by atoms with van der Waals surface area (Å²) < 4.78 is 0. The number of aromatic nitrogens is 2. The Hall–Kier alpha value is -1.16. The minimum Gasteiger partial charge on any atom is -0.348 e. The smallest absolute Gasteiger partial charge is 0.253 e. The molecular weight excluding hydrogens is 262 g/mol. The van der Waals surface area contributed by atoms with E-state index in [-0.39, 0.29) is 11.9 Å². The van der Waals surface area contributed by atoms with Gasteiger partial charge in [-0.3, -0.25) is 4.79 Å². The van der Waals surface area contributed by atoms with Gasteiger partial charge in [0.1, 0.15) is 0 Å². The molecular formula is C14H22ClN3O. The van der Waals surface area contributed by atoms with Crippen LogP contribution in [-0.2, 0) is 6.42 Å². The molecule has 19 heavy (non-hydrogen) atoms. The van der Waals surface area contributed by atoms with Crippen LogP contribution in [0.3, 0.4) is 0 Å². The molecule has 0 aliphatic rings. The molecule has 1 rings (SSSR count). The Bertz CT molecular complexity index is 435. The molecule has 0 radical (unpaired) electrons. The fourth-order valence-electron chi connectivity index (χ4n) is 1.96. The SMILES string of the molecule is CCc1nnc(C)cc1C(=O)NC(CCl)CC(C)C. The zero-order chi connectivity index (χ0) is 14.4. The Morgan fingerprint density at radius 1 is 1.42 bits per heavy atom. The minimum atomic E-state index is -0.110. The number of nitrogens with one attached hydrogen (secondary N) is 1. The van der Waals surface area contributed by atoms with Crippen molar-refractivity contribution in [1.82, 2.24) is 15.5 Å². The highest BCUT2D eigenvalue weighted by molar-refractivity contribution is 6.18. The number of amides is 1. The van der Waals surface area contributed by atoms with E-state index in [1.165, 1.54) is 0 Å². The average molecular weight is 284 g/mol. The molecule has 5 heteroatoms. The molecule has 0 spiro atoms. The fraction of sp³-hybridized carbons (Fsp3) is 0.643. The second-order valence-electron chi connectivity index (χ2n) is 5.15. The molecule has 1 atom stereocenters. The molecule has 1 amide bonds. The fourth-order valence-corrected chi connectivity index (χ4v) is 2.17. The number of alkyl halides is 1. The van der Waals surface area contributed by atoms with E-state index in [2.05, 4.69) is 29.4 Å². The second kappa shape index (κ2) is 7.43. The number of carbonyl (C=O) groups is 1. The summed E-state index contributed by atoms with van der Waals surface area (Å²) in [6, 6.07) is 1.77. The molecule has 0 aromatic carbocycles. The van der Waals surface area contributed by atoms with Crippen LogP contribution >= 0.6 is 11.6 Å². The first-order valence-corrected chi connectivity index (χ1v) is 7.21. The summed E-state index contributed by atoms with van der Waals surface area (Å²) in [6.07, 6.45) is 1.56. The molecule has 0 bridgehead atoms. The highest BCUT2D eigenvalue weighted by Gasteiger charge is 2.17. The van der Waals surface area contributed by atoms with Crippen LogP contribution in [0.4, 0.5) is 0 Å². The molecule has 1 aromatic heterocycles. The van der Waals surface area contributed by atoms with E-state index in [4.69, 9.17) is 11.6 Å². The quantitative estimate of drug-likeness (QED) is 0.817. The molecule has 0 aliphatic carbocycles. The lowest BCUT2D eigenvalue weighted by Gasteiger charge is -2.18. The van der Waals surface area contributed by atoms with Crippen molar-refractivity contribution in [3.05, 3.63) is 23.0 Å². The van der Waals surface area contributed by atoms with E-state index >= 15 is 0 Å². The lowest BCUT2D eigenvalue weighted by Crippen LogP contribution is -2.37. The van der Waals surface area contributed by atoms with E-state index in [1.54, 1.807) is 6.07 Å². The third kappa shape index (κ3) is 4.78. The third-order valence-corrected chi connectivity index (χ3v) is 3.22. The summed E-state index contributed by atoms with van der Waals surface area (Å²) in [5.74, 6) is 0.802. The number of halogens is 1. The lowest BCUT2D eigenvalue weighted by molar-refractivity contribution is 0.0935. The van der Waals surface area contributed by atoms with Crippen LogP contribution in [0, 0.1) is 12.8 Å². The maximum Gasteiger partial charge on any atom is 0.253 e. The lowest BCUT2D eigenvalue weighted by atomic mass is 10.0. The van der Waals surface area contributed by atoms with Crippen molar-refractivity contribution in [2.24, 2.45) is 5.92 Å². The molecule has 0 aliphatic heterocycles. The van der Waals surface area contributed by atoms with E-state index in [0.717, 1.165) is 17.8 Å². The van der Waals surface area contributed by atoms with Gasteiger partial charge in [-0.15, -0.1) is 11.6 Å². The summed E-state index contributed by atoms with van der Waals surface area (Å²) in [5, 5.41) is 11.0. The highest BCUT2D eigenvalue weighted by Crippen LogP contribution is 2.11. The van der Waals surface area contributed by atoms with Gasteiger partial charge in [-0.1, -0.05) is 20.8 Å². The van der Waals surface area contributed by atoms with Crippen LogP contribution in [0.15, 0.2) is 6.07 Å². The number of nitrogens with zero attached hydrogens (tertiary/aromatic N) is 2. The predicted octanol–water partition coefficient (Wildman–Crippen LogP) is 2.73. The van der Waals surface area contributed by atoms with Crippen molar-refractivity contribution < 1.29 is 4.79 Å². The number of hydrogen-bond donors (Lipinski definition) is 1. The normalized spacial score (nSPS) is 12.5. The van der Waals surface area contributed by atoms with Gasteiger partial charge in [0.15, 0.2) is 0 Å². The zero-order valence-electron chi connectivity index (χ0n) is 12.0. The van der Waals surface area contributed by atoms with Crippen molar-refractivity contribution in [2.75, 3.05) is 5.88 Å². The standard InChI is InChI=1S/C14H22ClN3O/c1-5-13-12(7-10(4)17-18-13)14(19)16-11(8-15)6-9(2)3/h7,9,11H,5-6,8H2,1-4H3,(H,16,19). The molecule has 0 saturated heterocycles. The van der Waals surface area contributed by atoms with E-state index in [1.807, 2.05) is 13.8 Å². The number of aryl methyl sites for hydroxylation is 2. The molecule has 1 N–H and O–H groups in total. The number of carbonyl (C=O) groups excluding carboxylic acids is 1. The van der Waals surface area contributed by atoms with Crippen LogP contribution in [-0.4, -0.2) is 28.0 Å². The topological polar surface area (TPSA) is 54.9 Å². The molecule has 0 saturated carbocycles. The minimum absolute atomic E-state index is 0.00709. The van der Waals surface area contributed by atoms with Crippen LogP contribution in [0.1, 0.15) is 48.9 Å². The molecule has 1 unspecified atom stereocenters. The predicted molar refractivity (Wildman–Crippen MR) is 77.6 cm³/mol. The van der Waals surface area contributed by atoms with Crippen molar-refractivity contribution in [2.45, 2.75) is 46.6 Å². The summed E-state index contributed by atoms with van der Waals surface area (Å²) >= 11 is 5.91. The maximum absolute atomic E-state index is 12.3. The number of rotatable bonds is 6. The molecule has 0 fully saturated rings. The molecule has 1 aromatic rings.